The van der Waals surface area contributed by atoms with Gasteiger partial charge in [-0.3, -0.25) is 5.26 Å². The quantitative estimate of drug-likeness (QED) is 0.0662. The summed E-state index contributed by atoms with van der Waals surface area (Å²) >= 11 is 0. The van der Waals surface area contributed by atoms with Crippen molar-refractivity contribution in [2.45, 2.75) is 254 Å². The normalized spacial score (nSPS) is 37.0. The van der Waals surface area contributed by atoms with Crippen LogP contribution in [0.3, 0.4) is 0 Å². The number of fused-ring (bicyclic) bond motifs is 10. The van der Waals surface area contributed by atoms with E-state index in [0.717, 1.165) is 106 Å². The number of methoxy groups -OCH3 is 2. The summed E-state index contributed by atoms with van der Waals surface area (Å²) in [4.78, 5) is 15.6. The zero-order chi connectivity index (χ0) is 63.8. The molecule has 4 aromatic rings. The van der Waals surface area contributed by atoms with Crippen molar-refractivity contribution < 1.29 is 29.4 Å². The van der Waals surface area contributed by atoms with Crippen molar-refractivity contribution >= 4 is 0 Å². The van der Waals surface area contributed by atoms with E-state index in [1.807, 2.05) is 13.8 Å². The van der Waals surface area contributed by atoms with Gasteiger partial charge in [-0.1, -0.05) is 168 Å². The molecule has 8 aliphatic carbocycles. The predicted molar refractivity (Wildman–Crippen MR) is 371 cm³/mol. The molecule has 8 saturated carbocycles. The van der Waals surface area contributed by atoms with Crippen molar-refractivity contribution in [3.63, 3.8) is 0 Å². The highest BCUT2D eigenvalue weighted by Crippen LogP contribution is 2.72. The Morgan fingerprint density at radius 1 is 0.444 bits per heavy atom. The smallest absolute Gasteiger partial charge is 0.165 e. The van der Waals surface area contributed by atoms with Crippen LogP contribution < -0.4 is 14.4 Å². The first-order chi connectivity index (χ1) is 43.2. The molecule has 8 fully saturated rings. The van der Waals surface area contributed by atoms with Crippen LogP contribution in [0.1, 0.15) is 271 Å². The van der Waals surface area contributed by atoms with Gasteiger partial charge < -0.3 is 14.4 Å². The molecule has 6 heteroatoms. The Hall–Kier alpha value is -3.84. The van der Waals surface area contributed by atoms with Gasteiger partial charge in [-0.15, -0.1) is 0 Å². The third-order valence-electron chi connectivity index (χ3n) is 28.9. The highest BCUT2D eigenvalue weighted by atomic mass is 17.2. The lowest BCUT2D eigenvalue weighted by atomic mass is 9.42. The minimum absolute atomic E-state index is 0.0326. The molecule has 6 nitrogen and oxygen atoms in total. The maximum atomic E-state index is 9.53. The second kappa shape index (κ2) is 27.9. The topological polar surface area (TPSA) is 66.4 Å². The van der Waals surface area contributed by atoms with Crippen molar-refractivity contribution in [3.8, 4) is 17.2 Å². The first-order valence-electron chi connectivity index (χ1n) is 37.3. The Balaban J connectivity index is 0.000000186. The summed E-state index contributed by atoms with van der Waals surface area (Å²) < 4.78 is 11.3. The van der Waals surface area contributed by atoms with Gasteiger partial charge >= 0.3 is 0 Å². The Labute approximate surface area is 548 Å². The molecule has 0 spiro atoms. The summed E-state index contributed by atoms with van der Waals surface area (Å²) in [6, 6.07) is 35.6. The first-order valence-corrected chi connectivity index (χ1v) is 37.3. The van der Waals surface area contributed by atoms with Crippen LogP contribution in [-0.4, -0.2) is 26.1 Å². The monoisotopic (exact) mass is 1230 g/mol. The van der Waals surface area contributed by atoms with Gasteiger partial charge in [0.25, 0.3) is 0 Å². The fraction of sp³-hybridized carbons (Fsp3) is 0.714. The van der Waals surface area contributed by atoms with Crippen molar-refractivity contribution in [2.75, 3.05) is 20.8 Å². The second-order valence-corrected chi connectivity index (χ2v) is 33.8. The van der Waals surface area contributed by atoms with Crippen molar-refractivity contribution in [1.29, 1.82) is 0 Å². The molecular weight excluding hydrogens is 1100 g/mol. The van der Waals surface area contributed by atoms with E-state index in [2.05, 4.69) is 166 Å². The molecule has 12 rings (SSSR count). The molecule has 496 valence electrons. The molecule has 0 bridgehead atoms. The van der Waals surface area contributed by atoms with E-state index in [4.69, 9.17) is 24.1 Å². The van der Waals surface area contributed by atoms with E-state index >= 15 is 0 Å². The minimum atomic E-state index is -0.358. The van der Waals surface area contributed by atoms with Gasteiger partial charge in [0, 0.05) is 10.8 Å². The third kappa shape index (κ3) is 12.7. The van der Waals surface area contributed by atoms with Crippen LogP contribution in [0, 0.1) is 105 Å². The Kier molecular flexibility index (Phi) is 20.9. The van der Waals surface area contributed by atoms with E-state index in [1.54, 1.807) is 14.2 Å². The molecule has 19 unspecified atom stereocenters. The van der Waals surface area contributed by atoms with Crippen LogP contribution in [0.2, 0.25) is 0 Å². The standard InChI is InChI=1S/C43H64O4.C41H60O2/c1-8-45-47-36-18-15-33(16-19-36)43(34-14-10-13-32(27-34)31(5)46-44)26-25-41(6)35(28-43)17-20-37-39-22-21-38(30(4)12-9-11-29(2)3)42(39,7)24-23-40(37)41;1-28(2)10-8-11-29(3)36-20-21-37-35-19-16-32-27-41(30-14-17-33(42-6)18-15-30,31-12-9-13-34(26-31)43-7)25-24-39(32,4)38(35)22-23-40(36,37)5/h10,13-16,18-19,27,29-31,35,37-40,44H,8-9,11-12,17,20-26,28H2,1-7H3;9,12-15,17-18,26,28-29,32,35-38H,8,10-11,16,19-25,27H2,1-7H3. The van der Waals surface area contributed by atoms with Crippen LogP contribution in [0.4, 0.5) is 0 Å². The summed E-state index contributed by atoms with van der Waals surface area (Å²) in [6.07, 6.45) is 32.8. The molecule has 4 aromatic carbocycles. The SMILES string of the molecule is CCOOc1ccc(C2(c3cccc(C(C)OO)c3)CCC3(C)C(CCC4C3CCC3(C)C(C(C)CCCC(C)C)CCC43)C2)cc1.COc1ccc(C2(c3cccc(OC)c3)CCC3(C)C(CCC4C3CCC3(C)C(C(C)CCCC(C)C)CCC43)C2)cc1. The molecule has 0 heterocycles. The number of hydrogen-bond acceptors (Lipinski definition) is 6. The van der Waals surface area contributed by atoms with Gasteiger partial charge in [0.2, 0.25) is 0 Å². The van der Waals surface area contributed by atoms with Gasteiger partial charge in [-0.25, -0.2) is 4.89 Å². The molecule has 0 radical (unpaired) electrons. The number of benzene rings is 4. The van der Waals surface area contributed by atoms with Crippen LogP contribution in [-0.2, 0) is 20.6 Å². The van der Waals surface area contributed by atoms with Crippen molar-refractivity contribution in [2.24, 2.45) is 105 Å². The van der Waals surface area contributed by atoms with Crippen molar-refractivity contribution in [3.05, 3.63) is 125 Å². The van der Waals surface area contributed by atoms with Gasteiger partial charge in [-0.05, 0) is 298 Å². The van der Waals surface area contributed by atoms with E-state index in [1.165, 1.54) is 170 Å². The molecule has 0 amide bonds. The molecule has 90 heavy (non-hydrogen) atoms. The first kappa shape index (κ1) is 67.6. The molecule has 19 atom stereocenters. The lowest BCUT2D eigenvalue weighted by Gasteiger charge is -2.63. The highest BCUT2D eigenvalue weighted by Gasteiger charge is 2.64. The van der Waals surface area contributed by atoms with Crippen LogP contribution in [0.5, 0.6) is 17.2 Å². The molecule has 0 aliphatic heterocycles. The Morgan fingerprint density at radius 2 is 0.900 bits per heavy atom. The Morgan fingerprint density at radius 3 is 1.36 bits per heavy atom. The Bertz CT molecular complexity index is 2950. The van der Waals surface area contributed by atoms with Gasteiger partial charge in [0.15, 0.2) is 5.75 Å². The van der Waals surface area contributed by atoms with Gasteiger partial charge in [0.1, 0.15) is 17.6 Å². The molecule has 1 N–H and O–H groups in total. The average molecular weight is 1230 g/mol. The third-order valence-corrected chi connectivity index (χ3v) is 28.9. The summed E-state index contributed by atoms with van der Waals surface area (Å²) in [6.45, 7) is 30.0. The van der Waals surface area contributed by atoms with Crippen LogP contribution in [0.15, 0.2) is 97.1 Å². The number of hydrogen-bond donors (Lipinski definition) is 1. The molecule has 0 saturated heterocycles. The lowest BCUT2D eigenvalue weighted by molar-refractivity contribution is -0.277. The summed E-state index contributed by atoms with van der Waals surface area (Å²) in [5.74, 6) is 14.9. The average Bonchev–Trinajstić information content (AvgIpc) is 1.11. The summed E-state index contributed by atoms with van der Waals surface area (Å²) in [5.41, 5.74) is 8.54. The highest BCUT2D eigenvalue weighted by molar-refractivity contribution is 5.47. The second-order valence-electron chi connectivity index (χ2n) is 33.8. The van der Waals surface area contributed by atoms with Crippen LogP contribution >= 0.6 is 0 Å². The summed E-state index contributed by atoms with van der Waals surface area (Å²) in [5, 5.41) is 9.53. The largest absolute Gasteiger partial charge is 0.497 e. The van der Waals surface area contributed by atoms with E-state index in [0.29, 0.717) is 34.2 Å². The summed E-state index contributed by atoms with van der Waals surface area (Å²) in [7, 11) is 3.57. The number of rotatable bonds is 21. The van der Waals surface area contributed by atoms with E-state index in [-0.39, 0.29) is 16.9 Å². The fourth-order valence-electron chi connectivity index (χ4n) is 23.9. The molecule has 0 aromatic heterocycles. The lowest BCUT2D eigenvalue weighted by Crippen LogP contribution is -2.55. The maximum Gasteiger partial charge on any atom is 0.165 e. The molecular formula is C84H124O6. The fourth-order valence-corrected chi connectivity index (χ4v) is 23.9. The number of ether oxygens (including phenoxy) is 2. The van der Waals surface area contributed by atoms with Gasteiger partial charge in [-0.2, -0.15) is 4.89 Å². The van der Waals surface area contributed by atoms with Crippen LogP contribution in [0.25, 0.3) is 0 Å². The van der Waals surface area contributed by atoms with E-state index in [9.17, 15) is 5.26 Å². The zero-order valence-electron chi connectivity index (χ0n) is 59.1. The minimum Gasteiger partial charge on any atom is -0.497 e. The molecule has 8 aliphatic rings. The zero-order valence-corrected chi connectivity index (χ0v) is 59.1. The predicted octanol–water partition coefficient (Wildman–Crippen LogP) is 23.1. The maximum absolute atomic E-state index is 9.53. The van der Waals surface area contributed by atoms with Gasteiger partial charge in [0.05, 0.1) is 20.8 Å². The van der Waals surface area contributed by atoms with Crippen molar-refractivity contribution in [1.82, 2.24) is 0 Å². The van der Waals surface area contributed by atoms with E-state index < -0.39 is 0 Å².